The molecule has 0 saturated heterocycles. The zero-order chi connectivity index (χ0) is 20.9. The van der Waals surface area contributed by atoms with Crippen molar-refractivity contribution in [2.75, 3.05) is 26.8 Å². The number of aldehydes is 1. The molecular formula is C23H33N3O3. The Bertz CT molecular complexity index is 684. The molecule has 2 rings (SSSR count). The summed E-state index contributed by atoms with van der Waals surface area (Å²) in [6.07, 6.45) is 10.5. The van der Waals surface area contributed by atoms with Gasteiger partial charge < -0.3 is 19.8 Å². The van der Waals surface area contributed by atoms with Crippen LogP contribution in [0.25, 0.3) is 0 Å². The van der Waals surface area contributed by atoms with E-state index in [1.165, 1.54) is 12.6 Å². The third kappa shape index (κ3) is 7.54. The van der Waals surface area contributed by atoms with E-state index in [-0.39, 0.29) is 24.4 Å². The predicted molar refractivity (Wildman–Crippen MR) is 116 cm³/mol. The Morgan fingerprint density at radius 1 is 1.31 bits per heavy atom. The van der Waals surface area contributed by atoms with Crippen LogP contribution in [0.2, 0.25) is 0 Å². The molecule has 1 aliphatic rings. The van der Waals surface area contributed by atoms with E-state index in [4.69, 9.17) is 10.1 Å². The third-order valence-corrected chi connectivity index (χ3v) is 5.43. The fraction of sp³-hybridized carbons (Fsp3) is 0.565. The molecule has 1 saturated carbocycles. The van der Waals surface area contributed by atoms with E-state index in [9.17, 15) is 9.59 Å². The minimum Gasteiger partial charge on any atom is -0.381 e. The van der Waals surface area contributed by atoms with Crippen LogP contribution < -0.4 is 0 Å². The molecule has 0 aliphatic heterocycles. The molecule has 1 aliphatic carbocycles. The van der Waals surface area contributed by atoms with Gasteiger partial charge in [0.15, 0.2) is 0 Å². The summed E-state index contributed by atoms with van der Waals surface area (Å²) in [5, 5.41) is 7.54. The molecular weight excluding hydrogens is 366 g/mol. The molecule has 0 radical (unpaired) electrons. The summed E-state index contributed by atoms with van der Waals surface area (Å²) in [5.41, 5.74) is 2.17. The predicted octanol–water partition coefficient (Wildman–Crippen LogP) is 3.43. The Balaban J connectivity index is 1.76. The third-order valence-electron chi connectivity index (χ3n) is 5.43. The van der Waals surface area contributed by atoms with Crippen LogP contribution in [0.15, 0.2) is 29.3 Å². The average molecular weight is 400 g/mol. The topological polar surface area (TPSA) is 82.8 Å². The zero-order valence-corrected chi connectivity index (χ0v) is 17.4. The molecule has 6 heteroatoms. The Morgan fingerprint density at radius 2 is 2.10 bits per heavy atom. The highest BCUT2D eigenvalue weighted by Crippen LogP contribution is 2.23. The molecule has 158 valence electrons. The maximum absolute atomic E-state index is 12.5. The molecule has 1 atom stereocenters. The molecule has 0 heterocycles. The number of aliphatic imine (C=N–C) groups is 1. The molecule has 6 nitrogen and oxygen atoms in total. The van der Waals surface area contributed by atoms with Gasteiger partial charge in [-0.2, -0.15) is 0 Å². The first kappa shape index (κ1) is 22.9. The number of amides is 1. The smallest absolute Gasteiger partial charge is 0.225 e. The molecule has 1 aromatic rings. The van der Waals surface area contributed by atoms with Gasteiger partial charge in [-0.15, -0.1) is 0 Å². The number of ether oxygens (including phenoxy) is 1. The largest absolute Gasteiger partial charge is 0.381 e. The Morgan fingerprint density at radius 3 is 2.79 bits per heavy atom. The van der Waals surface area contributed by atoms with E-state index >= 15 is 0 Å². The van der Waals surface area contributed by atoms with Crippen LogP contribution in [0, 0.1) is 5.41 Å². The van der Waals surface area contributed by atoms with Crippen LogP contribution in [0.5, 0.6) is 0 Å². The first-order valence-corrected chi connectivity index (χ1v) is 10.5. The van der Waals surface area contributed by atoms with E-state index < -0.39 is 0 Å². The first-order valence-electron chi connectivity index (χ1n) is 10.5. The maximum atomic E-state index is 12.5. The van der Waals surface area contributed by atoms with Crippen molar-refractivity contribution in [1.82, 2.24) is 4.90 Å². The number of rotatable bonds is 12. The highest BCUT2D eigenvalue weighted by Gasteiger charge is 2.24. The number of hydrogen-bond donors (Lipinski definition) is 1. The molecule has 29 heavy (non-hydrogen) atoms. The Kier molecular flexibility index (Phi) is 10.3. The summed E-state index contributed by atoms with van der Waals surface area (Å²) in [6.45, 7) is 1.09. The highest BCUT2D eigenvalue weighted by molar-refractivity contribution is 5.88. The van der Waals surface area contributed by atoms with Crippen LogP contribution in [0.3, 0.4) is 0 Å². The van der Waals surface area contributed by atoms with Gasteiger partial charge in [-0.05, 0) is 30.4 Å². The summed E-state index contributed by atoms with van der Waals surface area (Å²) in [4.78, 5) is 29.3. The number of carbonyl (C=O) groups excluding carboxylic acids is 2. The van der Waals surface area contributed by atoms with Gasteiger partial charge in [0.2, 0.25) is 5.91 Å². The van der Waals surface area contributed by atoms with E-state index in [1.54, 1.807) is 18.2 Å². The fourth-order valence-electron chi connectivity index (χ4n) is 3.86. The highest BCUT2D eigenvalue weighted by atomic mass is 16.5. The Labute approximate surface area is 173 Å². The van der Waals surface area contributed by atoms with Crippen molar-refractivity contribution in [1.29, 1.82) is 5.41 Å². The van der Waals surface area contributed by atoms with Gasteiger partial charge in [-0.1, -0.05) is 43.5 Å². The minimum atomic E-state index is -0.109. The zero-order valence-electron chi connectivity index (χ0n) is 17.4. The first-order chi connectivity index (χ1) is 14.2. The molecule has 0 bridgehead atoms. The van der Waals surface area contributed by atoms with E-state index in [0.717, 1.165) is 49.5 Å². The molecule has 0 aromatic heterocycles. The number of hydrogen-bond acceptors (Lipinski definition) is 5. The van der Waals surface area contributed by atoms with Gasteiger partial charge in [0.1, 0.15) is 6.29 Å². The van der Waals surface area contributed by atoms with Crippen LogP contribution in [0.1, 0.15) is 55.6 Å². The quantitative estimate of drug-likeness (QED) is 0.332. The molecule has 1 fully saturated rings. The lowest BCUT2D eigenvalue weighted by atomic mass is 9.94. The number of carbonyl (C=O) groups is 2. The van der Waals surface area contributed by atoms with Crippen molar-refractivity contribution in [3.8, 4) is 0 Å². The number of nitrogens with zero attached hydrogens (tertiary/aromatic N) is 2. The van der Waals surface area contributed by atoms with Crippen molar-refractivity contribution < 1.29 is 14.3 Å². The van der Waals surface area contributed by atoms with Crippen molar-refractivity contribution in [2.24, 2.45) is 4.99 Å². The summed E-state index contributed by atoms with van der Waals surface area (Å²) in [7, 11) is 1.71. The lowest BCUT2D eigenvalue weighted by Gasteiger charge is -2.33. The maximum Gasteiger partial charge on any atom is 0.225 e. The summed E-state index contributed by atoms with van der Waals surface area (Å²) < 4.78 is 5.69. The number of nitrogens with one attached hydrogen (secondary N) is 1. The molecule has 1 aromatic carbocycles. The summed E-state index contributed by atoms with van der Waals surface area (Å²) in [5.74, 6) is -0.0965. The van der Waals surface area contributed by atoms with E-state index in [0.29, 0.717) is 19.6 Å². The van der Waals surface area contributed by atoms with E-state index in [2.05, 4.69) is 11.1 Å². The van der Waals surface area contributed by atoms with Crippen molar-refractivity contribution >= 4 is 24.6 Å². The monoisotopic (exact) mass is 399 g/mol. The van der Waals surface area contributed by atoms with Crippen LogP contribution in [-0.2, 0) is 20.7 Å². The minimum absolute atomic E-state index is 0.0127. The van der Waals surface area contributed by atoms with Gasteiger partial charge in [-0.3, -0.25) is 9.79 Å². The Hall–Kier alpha value is -2.34. The van der Waals surface area contributed by atoms with Crippen molar-refractivity contribution in [2.45, 2.75) is 56.9 Å². The summed E-state index contributed by atoms with van der Waals surface area (Å²) >= 11 is 0. The molecule has 1 amide bonds. The molecule has 1 N–H and O–H groups in total. The van der Waals surface area contributed by atoms with Gasteiger partial charge in [0.05, 0.1) is 32.1 Å². The fourth-order valence-corrected chi connectivity index (χ4v) is 3.86. The lowest BCUT2D eigenvalue weighted by molar-refractivity contribution is -0.137. The van der Waals surface area contributed by atoms with Crippen LogP contribution in [-0.4, -0.2) is 62.4 Å². The SMILES string of the molecule is CN=CC(C=N)c1cccc(CCOCCC(=O)N(CC=O)C2CCCCC2)c1. The van der Waals surface area contributed by atoms with Crippen molar-refractivity contribution in [3.05, 3.63) is 35.4 Å². The lowest BCUT2D eigenvalue weighted by Crippen LogP contribution is -2.42. The van der Waals surface area contributed by atoms with Gasteiger partial charge in [0, 0.05) is 25.5 Å². The van der Waals surface area contributed by atoms with E-state index in [1.807, 2.05) is 18.2 Å². The van der Waals surface area contributed by atoms with Gasteiger partial charge in [0.25, 0.3) is 0 Å². The second-order valence-electron chi connectivity index (χ2n) is 7.46. The molecule has 1 unspecified atom stereocenters. The summed E-state index contributed by atoms with van der Waals surface area (Å²) in [6, 6.07) is 8.29. The van der Waals surface area contributed by atoms with Crippen LogP contribution >= 0.6 is 0 Å². The average Bonchev–Trinajstić information content (AvgIpc) is 2.76. The second kappa shape index (κ2) is 13.0. The second-order valence-corrected chi connectivity index (χ2v) is 7.46. The normalized spacial score (nSPS) is 15.9. The number of benzene rings is 1. The van der Waals surface area contributed by atoms with Gasteiger partial charge >= 0.3 is 0 Å². The van der Waals surface area contributed by atoms with Crippen molar-refractivity contribution in [3.63, 3.8) is 0 Å². The standard InChI is InChI=1S/C23H33N3O3/c1-25-18-21(17-24)20-7-5-6-19(16-20)10-14-29-15-11-23(28)26(12-13-27)22-8-3-2-4-9-22/h5-7,13,16-18,21-22,24H,2-4,8-12,14-15H2,1H3. The van der Waals surface area contributed by atoms with Gasteiger partial charge in [-0.25, -0.2) is 0 Å². The van der Waals surface area contributed by atoms with Crippen LogP contribution in [0.4, 0.5) is 0 Å². The molecule has 0 spiro atoms.